The highest BCUT2D eigenvalue weighted by molar-refractivity contribution is 6.21. The largest absolute Gasteiger partial charge is 0.289 e. The Morgan fingerprint density at radius 1 is 0.778 bits per heavy atom. The predicted octanol–water partition coefficient (Wildman–Crippen LogP) is 4.20. The second kappa shape index (κ2) is 3.55. The van der Waals surface area contributed by atoms with Gasteiger partial charge in [0.2, 0.25) is 0 Å². The molecule has 0 unspecified atom stereocenters. The van der Waals surface area contributed by atoms with Gasteiger partial charge in [-0.25, -0.2) is 0 Å². The van der Waals surface area contributed by atoms with Crippen molar-refractivity contribution in [3.8, 4) is 11.1 Å². The summed E-state index contributed by atoms with van der Waals surface area (Å²) in [4.78, 5) is 12.2. The van der Waals surface area contributed by atoms with Crippen molar-refractivity contribution in [3.05, 3.63) is 59.2 Å². The molecule has 0 bridgehead atoms. The summed E-state index contributed by atoms with van der Waals surface area (Å²) in [7, 11) is 0. The SMILES string of the molecule is CC(C)(C)c1ccc2c(c1)-c1ccccc1C2=O. The van der Waals surface area contributed by atoms with Crippen LogP contribution >= 0.6 is 0 Å². The van der Waals surface area contributed by atoms with Crippen molar-refractivity contribution in [2.24, 2.45) is 0 Å². The lowest BCUT2D eigenvalue weighted by atomic mass is 9.85. The van der Waals surface area contributed by atoms with Crippen LogP contribution in [-0.4, -0.2) is 5.78 Å². The van der Waals surface area contributed by atoms with E-state index in [1.165, 1.54) is 5.56 Å². The zero-order chi connectivity index (χ0) is 12.9. The molecule has 2 aromatic carbocycles. The van der Waals surface area contributed by atoms with E-state index in [-0.39, 0.29) is 11.2 Å². The maximum atomic E-state index is 12.2. The molecule has 0 radical (unpaired) electrons. The normalized spacial score (nSPS) is 13.4. The third-order valence-corrected chi connectivity index (χ3v) is 3.59. The summed E-state index contributed by atoms with van der Waals surface area (Å²) in [5.74, 6) is 0.154. The van der Waals surface area contributed by atoms with Crippen LogP contribution in [-0.2, 0) is 5.41 Å². The molecule has 1 nitrogen and oxygen atoms in total. The summed E-state index contributed by atoms with van der Waals surface area (Å²) < 4.78 is 0. The molecule has 0 spiro atoms. The lowest BCUT2D eigenvalue weighted by Gasteiger charge is -2.19. The topological polar surface area (TPSA) is 17.1 Å². The molecular weight excluding hydrogens is 220 g/mol. The number of ketones is 1. The smallest absolute Gasteiger partial charge is 0.194 e. The highest BCUT2D eigenvalue weighted by Crippen LogP contribution is 2.38. The maximum absolute atomic E-state index is 12.2. The molecule has 0 fully saturated rings. The average molecular weight is 236 g/mol. The fraction of sp³-hybridized carbons (Fsp3) is 0.235. The summed E-state index contributed by atoms with van der Waals surface area (Å²) in [6.45, 7) is 6.58. The third-order valence-electron chi connectivity index (χ3n) is 3.59. The van der Waals surface area contributed by atoms with E-state index < -0.39 is 0 Å². The van der Waals surface area contributed by atoms with Crippen LogP contribution in [0.4, 0.5) is 0 Å². The van der Waals surface area contributed by atoms with Gasteiger partial charge in [-0.05, 0) is 28.2 Å². The molecule has 18 heavy (non-hydrogen) atoms. The molecule has 0 N–H and O–H groups in total. The minimum atomic E-state index is 0.107. The summed E-state index contributed by atoms with van der Waals surface area (Å²) in [5, 5.41) is 0. The molecule has 0 aliphatic heterocycles. The molecule has 0 heterocycles. The van der Waals surface area contributed by atoms with Gasteiger partial charge in [0.25, 0.3) is 0 Å². The summed E-state index contributed by atoms with van der Waals surface area (Å²) in [5.41, 5.74) is 5.20. The lowest BCUT2D eigenvalue weighted by Crippen LogP contribution is -2.11. The van der Waals surface area contributed by atoms with Crippen molar-refractivity contribution in [2.75, 3.05) is 0 Å². The second-order valence-corrected chi connectivity index (χ2v) is 5.89. The van der Waals surface area contributed by atoms with Gasteiger partial charge in [-0.1, -0.05) is 57.2 Å². The summed E-state index contributed by atoms with van der Waals surface area (Å²) in [6.07, 6.45) is 0. The molecule has 2 aromatic rings. The molecule has 1 heteroatoms. The van der Waals surface area contributed by atoms with Crippen LogP contribution in [0, 0.1) is 0 Å². The quantitative estimate of drug-likeness (QED) is 0.572. The Bertz CT molecular complexity index is 645. The monoisotopic (exact) mass is 236 g/mol. The summed E-state index contributed by atoms with van der Waals surface area (Å²) in [6, 6.07) is 14.1. The van der Waals surface area contributed by atoms with E-state index in [2.05, 4.69) is 32.9 Å². The van der Waals surface area contributed by atoms with Gasteiger partial charge < -0.3 is 0 Å². The zero-order valence-electron chi connectivity index (χ0n) is 10.9. The van der Waals surface area contributed by atoms with Gasteiger partial charge >= 0.3 is 0 Å². The first-order valence-corrected chi connectivity index (χ1v) is 6.27. The van der Waals surface area contributed by atoms with Crippen molar-refractivity contribution >= 4 is 5.78 Å². The van der Waals surface area contributed by atoms with Crippen molar-refractivity contribution in [1.29, 1.82) is 0 Å². The van der Waals surface area contributed by atoms with Crippen LogP contribution in [0.1, 0.15) is 42.3 Å². The number of hydrogen-bond donors (Lipinski definition) is 0. The lowest BCUT2D eigenvalue weighted by molar-refractivity contribution is 0.104. The molecule has 90 valence electrons. The highest BCUT2D eigenvalue weighted by atomic mass is 16.1. The molecule has 1 aliphatic carbocycles. The Morgan fingerprint density at radius 3 is 2.06 bits per heavy atom. The van der Waals surface area contributed by atoms with E-state index in [9.17, 15) is 4.79 Å². The van der Waals surface area contributed by atoms with Gasteiger partial charge in [0.1, 0.15) is 0 Å². The van der Waals surface area contributed by atoms with Crippen LogP contribution in [0.15, 0.2) is 42.5 Å². The fourth-order valence-electron chi connectivity index (χ4n) is 2.49. The Labute approximate surface area is 107 Å². The van der Waals surface area contributed by atoms with Crippen LogP contribution in [0.2, 0.25) is 0 Å². The molecule has 3 rings (SSSR count). The van der Waals surface area contributed by atoms with Gasteiger partial charge in [-0.15, -0.1) is 0 Å². The average Bonchev–Trinajstić information content (AvgIpc) is 2.63. The van der Waals surface area contributed by atoms with Gasteiger partial charge in [-0.3, -0.25) is 4.79 Å². The van der Waals surface area contributed by atoms with Crippen LogP contribution in [0.3, 0.4) is 0 Å². The molecule has 0 saturated heterocycles. The first kappa shape index (κ1) is 11.2. The van der Waals surface area contributed by atoms with Crippen molar-refractivity contribution in [3.63, 3.8) is 0 Å². The molecule has 0 aromatic heterocycles. The van der Waals surface area contributed by atoms with Crippen molar-refractivity contribution in [1.82, 2.24) is 0 Å². The minimum absolute atomic E-state index is 0.107. The first-order chi connectivity index (χ1) is 8.48. The molecule has 1 aliphatic rings. The number of rotatable bonds is 0. The van der Waals surface area contributed by atoms with Crippen LogP contribution in [0.5, 0.6) is 0 Å². The number of fused-ring (bicyclic) bond motifs is 3. The van der Waals surface area contributed by atoms with Crippen LogP contribution in [0.25, 0.3) is 11.1 Å². The zero-order valence-corrected chi connectivity index (χ0v) is 10.9. The van der Waals surface area contributed by atoms with E-state index >= 15 is 0 Å². The Kier molecular flexibility index (Phi) is 2.21. The van der Waals surface area contributed by atoms with E-state index in [1.807, 2.05) is 30.3 Å². The summed E-state index contributed by atoms with van der Waals surface area (Å²) >= 11 is 0. The minimum Gasteiger partial charge on any atom is -0.289 e. The molecule has 0 atom stereocenters. The number of carbonyl (C=O) groups is 1. The predicted molar refractivity (Wildman–Crippen MR) is 74.0 cm³/mol. The van der Waals surface area contributed by atoms with Crippen molar-refractivity contribution in [2.45, 2.75) is 26.2 Å². The van der Waals surface area contributed by atoms with Crippen molar-refractivity contribution < 1.29 is 4.79 Å². The Balaban J connectivity index is 2.26. The maximum Gasteiger partial charge on any atom is 0.194 e. The van der Waals surface area contributed by atoms with Gasteiger partial charge in [0.15, 0.2) is 5.78 Å². The Hall–Kier alpha value is -1.89. The van der Waals surface area contributed by atoms with E-state index in [0.717, 1.165) is 22.3 Å². The van der Waals surface area contributed by atoms with Crippen LogP contribution < -0.4 is 0 Å². The highest BCUT2D eigenvalue weighted by Gasteiger charge is 2.27. The third kappa shape index (κ3) is 1.51. The molecular formula is C17H16O. The fourth-order valence-corrected chi connectivity index (χ4v) is 2.49. The number of benzene rings is 2. The molecule has 0 saturated carbocycles. The standard InChI is InChI=1S/C17H16O/c1-17(2,3)11-8-9-14-15(10-11)12-6-4-5-7-13(12)16(14)18/h4-10H,1-3H3. The van der Waals surface area contributed by atoms with Gasteiger partial charge in [0, 0.05) is 11.1 Å². The second-order valence-electron chi connectivity index (χ2n) is 5.89. The first-order valence-electron chi connectivity index (χ1n) is 6.27. The van der Waals surface area contributed by atoms with E-state index in [4.69, 9.17) is 0 Å². The number of hydrogen-bond acceptors (Lipinski definition) is 1. The Morgan fingerprint density at radius 2 is 1.39 bits per heavy atom. The molecule has 0 amide bonds. The van der Waals surface area contributed by atoms with Gasteiger partial charge in [0.05, 0.1) is 0 Å². The van der Waals surface area contributed by atoms with E-state index in [0.29, 0.717) is 0 Å². The van der Waals surface area contributed by atoms with E-state index in [1.54, 1.807) is 0 Å². The number of carbonyl (C=O) groups excluding carboxylic acids is 1. The van der Waals surface area contributed by atoms with Gasteiger partial charge in [-0.2, -0.15) is 0 Å².